The van der Waals surface area contributed by atoms with Crippen LogP contribution in [0.1, 0.15) is 21.8 Å². The monoisotopic (exact) mass is 283 g/mol. The topological polar surface area (TPSA) is 72.6 Å². The average Bonchev–Trinajstić information content (AvgIpc) is 2.90. The summed E-state index contributed by atoms with van der Waals surface area (Å²) in [5.74, 6) is 0.0123. The summed E-state index contributed by atoms with van der Waals surface area (Å²) in [6, 6.07) is 12.6. The number of carboxylic acids is 1. The fourth-order valence-electron chi connectivity index (χ4n) is 2.20. The van der Waals surface area contributed by atoms with Gasteiger partial charge in [0.2, 0.25) is 0 Å². The molecule has 106 valence electrons. The van der Waals surface area contributed by atoms with Crippen molar-refractivity contribution in [2.24, 2.45) is 0 Å². The van der Waals surface area contributed by atoms with Crippen molar-refractivity contribution in [3.05, 3.63) is 59.5 Å². The lowest BCUT2D eigenvalue weighted by Gasteiger charge is -2.11. The van der Waals surface area contributed by atoms with Crippen molar-refractivity contribution >= 4 is 16.7 Å². The third-order valence-electron chi connectivity index (χ3n) is 3.15. The van der Waals surface area contributed by atoms with Gasteiger partial charge in [0.25, 0.3) is 0 Å². The molecule has 0 aliphatic rings. The lowest BCUT2D eigenvalue weighted by atomic mass is 10.1. The first-order valence-corrected chi connectivity index (χ1v) is 6.45. The minimum absolute atomic E-state index is 0.133. The molecular weight excluding hydrogens is 270 g/mol. The van der Waals surface area contributed by atoms with Crippen LogP contribution in [0.15, 0.2) is 47.0 Å². The van der Waals surface area contributed by atoms with E-state index in [-0.39, 0.29) is 12.2 Å². The van der Waals surface area contributed by atoms with E-state index in [1.54, 1.807) is 25.1 Å². The molecule has 2 aromatic carbocycles. The lowest BCUT2D eigenvalue weighted by molar-refractivity contribution is 0.0692. The van der Waals surface area contributed by atoms with Gasteiger partial charge in [-0.15, -0.1) is 0 Å². The van der Waals surface area contributed by atoms with E-state index in [9.17, 15) is 9.90 Å². The first-order valence-electron chi connectivity index (χ1n) is 6.45. The zero-order valence-corrected chi connectivity index (χ0v) is 11.4. The van der Waals surface area contributed by atoms with E-state index in [4.69, 9.17) is 9.26 Å². The summed E-state index contributed by atoms with van der Waals surface area (Å²) in [7, 11) is 0. The second-order valence-electron chi connectivity index (χ2n) is 4.69. The second-order valence-corrected chi connectivity index (χ2v) is 4.69. The molecule has 5 heteroatoms. The van der Waals surface area contributed by atoms with Gasteiger partial charge in [-0.05, 0) is 18.4 Å². The molecule has 0 fully saturated rings. The number of fused-ring (bicyclic) bond motifs is 1. The van der Waals surface area contributed by atoms with Gasteiger partial charge >= 0.3 is 5.97 Å². The Hall–Kier alpha value is -2.82. The number of rotatable bonds is 4. The van der Waals surface area contributed by atoms with E-state index in [2.05, 4.69) is 5.16 Å². The van der Waals surface area contributed by atoms with Crippen molar-refractivity contribution in [3.63, 3.8) is 0 Å². The van der Waals surface area contributed by atoms with E-state index < -0.39 is 5.97 Å². The number of nitrogens with zero attached hydrogens (tertiary/aromatic N) is 1. The largest absolute Gasteiger partial charge is 0.486 e. The second kappa shape index (κ2) is 5.28. The van der Waals surface area contributed by atoms with Crippen LogP contribution < -0.4 is 4.74 Å². The highest BCUT2D eigenvalue weighted by atomic mass is 16.5. The Morgan fingerprint density at radius 2 is 2.10 bits per heavy atom. The number of carbonyl (C=O) groups is 1. The van der Waals surface area contributed by atoms with E-state index in [0.717, 1.165) is 10.8 Å². The van der Waals surface area contributed by atoms with Crippen LogP contribution in [0.3, 0.4) is 0 Å². The summed E-state index contributed by atoms with van der Waals surface area (Å²) >= 11 is 0. The van der Waals surface area contributed by atoms with Crippen molar-refractivity contribution in [3.8, 4) is 5.75 Å². The van der Waals surface area contributed by atoms with Crippen LogP contribution in [0.2, 0.25) is 0 Å². The molecule has 1 heterocycles. The smallest absolute Gasteiger partial charge is 0.339 e. The van der Waals surface area contributed by atoms with Crippen molar-refractivity contribution < 1.29 is 19.2 Å². The Bertz CT molecular complexity index is 807. The number of aromatic nitrogens is 1. The van der Waals surface area contributed by atoms with Gasteiger partial charge in [-0.1, -0.05) is 35.5 Å². The molecule has 3 rings (SSSR count). The predicted molar refractivity (Wildman–Crippen MR) is 76.5 cm³/mol. The van der Waals surface area contributed by atoms with E-state index >= 15 is 0 Å². The highest BCUT2D eigenvalue weighted by Crippen LogP contribution is 2.30. The van der Waals surface area contributed by atoms with Crippen LogP contribution in [0, 0.1) is 6.92 Å². The third kappa shape index (κ3) is 2.58. The fraction of sp³-hybridized carbons (Fsp3) is 0.125. The average molecular weight is 283 g/mol. The number of aromatic carboxylic acids is 1. The summed E-state index contributed by atoms with van der Waals surface area (Å²) in [5, 5.41) is 14.8. The molecule has 0 unspecified atom stereocenters. The summed E-state index contributed by atoms with van der Waals surface area (Å²) in [6.45, 7) is 1.95. The highest BCUT2D eigenvalue weighted by molar-refractivity contribution is 6.00. The molecule has 0 saturated carbocycles. The van der Waals surface area contributed by atoms with Gasteiger partial charge in [0.15, 0.2) is 0 Å². The van der Waals surface area contributed by atoms with E-state index in [1.807, 2.05) is 24.3 Å². The maximum atomic E-state index is 11.4. The minimum atomic E-state index is -1.02. The molecule has 21 heavy (non-hydrogen) atoms. The van der Waals surface area contributed by atoms with Gasteiger partial charge < -0.3 is 14.4 Å². The SMILES string of the molecule is Cc1cc(COc2c(C(=O)O)ccc3ccccc23)no1. The molecule has 1 N–H and O–H groups in total. The molecule has 0 saturated heterocycles. The quantitative estimate of drug-likeness (QED) is 0.794. The summed E-state index contributed by atoms with van der Waals surface area (Å²) in [4.78, 5) is 11.4. The molecule has 3 aromatic rings. The number of hydrogen-bond acceptors (Lipinski definition) is 4. The molecule has 1 aromatic heterocycles. The molecule has 0 amide bonds. The van der Waals surface area contributed by atoms with Crippen molar-refractivity contribution in [1.29, 1.82) is 0 Å². The number of carboxylic acid groups (broad SMARTS) is 1. The Balaban J connectivity index is 2.01. The van der Waals surface area contributed by atoms with Gasteiger partial charge in [-0.25, -0.2) is 4.79 Å². The van der Waals surface area contributed by atoms with Gasteiger partial charge in [0, 0.05) is 11.5 Å². The van der Waals surface area contributed by atoms with Gasteiger partial charge in [-0.3, -0.25) is 0 Å². The zero-order valence-electron chi connectivity index (χ0n) is 11.4. The van der Waals surface area contributed by atoms with E-state index in [0.29, 0.717) is 17.2 Å². The Morgan fingerprint density at radius 3 is 2.81 bits per heavy atom. The van der Waals surface area contributed by atoms with Crippen LogP contribution >= 0.6 is 0 Å². The van der Waals surface area contributed by atoms with Crippen LogP contribution in [0.5, 0.6) is 5.75 Å². The predicted octanol–water partition coefficient (Wildman–Crippen LogP) is 3.41. The first-order chi connectivity index (χ1) is 10.1. The van der Waals surface area contributed by atoms with Crippen LogP contribution in [-0.2, 0) is 6.61 Å². The molecule has 0 atom stereocenters. The van der Waals surface area contributed by atoms with Crippen LogP contribution in [0.25, 0.3) is 10.8 Å². The molecule has 0 aliphatic heterocycles. The third-order valence-corrected chi connectivity index (χ3v) is 3.15. The van der Waals surface area contributed by atoms with Crippen LogP contribution in [0.4, 0.5) is 0 Å². The summed E-state index contributed by atoms with van der Waals surface area (Å²) < 4.78 is 10.7. The Morgan fingerprint density at radius 1 is 1.29 bits per heavy atom. The maximum Gasteiger partial charge on any atom is 0.339 e. The normalized spacial score (nSPS) is 10.7. The molecule has 0 spiro atoms. The molecule has 5 nitrogen and oxygen atoms in total. The zero-order chi connectivity index (χ0) is 14.8. The van der Waals surface area contributed by atoms with Gasteiger partial charge in [0.1, 0.15) is 29.4 Å². The van der Waals surface area contributed by atoms with E-state index in [1.165, 1.54) is 0 Å². The minimum Gasteiger partial charge on any atom is -0.486 e. The van der Waals surface area contributed by atoms with Gasteiger partial charge in [-0.2, -0.15) is 0 Å². The lowest BCUT2D eigenvalue weighted by Crippen LogP contribution is -2.04. The number of ether oxygens (including phenoxy) is 1. The number of hydrogen-bond donors (Lipinski definition) is 1. The highest BCUT2D eigenvalue weighted by Gasteiger charge is 2.15. The first kappa shape index (κ1) is 13.2. The Labute approximate surface area is 120 Å². The van der Waals surface area contributed by atoms with Crippen molar-refractivity contribution in [2.75, 3.05) is 0 Å². The molecule has 0 radical (unpaired) electrons. The summed E-state index contributed by atoms with van der Waals surface area (Å²) in [6.07, 6.45) is 0. The fourth-order valence-corrected chi connectivity index (χ4v) is 2.20. The molecular formula is C16H13NO4. The molecule has 0 bridgehead atoms. The van der Waals surface area contributed by atoms with Crippen molar-refractivity contribution in [1.82, 2.24) is 5.16 Å². The maximum absolute atomic E-state index is 11.4. The standard InChI is InChI=1S/C16H13NO4/c1-10-8-12(17-21-10)9-20-15-13-5-3-2-4-11(13)6-7-14(15)16(18)19/h2-8H,9H2,1H3,(H,18,19). The van der Waals surface area contributed by atoms with Gasteiger partial charge in [0.05, 0.1) is 0 Å². The van der Waals surface area contributed by atoms with Crippen molar-refractivity contribution in [2.45, 2.75) is 13.5 Å². The molecule has 0 aliphatic carbocycles. The number of aryl methyl sites for hydroxylation is 1. The van der Waals surface area contributed by atoms with Crippen LogP contribution in [-0.4, -0.2) is 16.2 Å². The number of benzene rings is 2. The summed E-state index contributed by atoms with van der Waals surface area (Å²) in [5.41, 5.74) is 0.755. The Kier molecular flexibility index (Phi) is 3.31.